The van der Waals surface area contributed by atoms with Crippen LogP contribution in [0.3, 0.4) is 0 Å². The van der Waals surface area contributed by atoms with E-state index in [0.29, 0.717) is 17.6 Å². The number of benzene rings is 1. The molecule has 4 aromatic heterocycles. The highest BCUT2D eigenvalue weighted by Gasteiger charge is 2.19. The molecule has 5 rings (SSSR count). The van der Waals surface area contributed by atoms with Gasteiger partial charge < -0.3 is 10.7 Å². The Morgan fingerprint density at radius 2 is 1.74 bits per heavy atom. The summed E-state index contributed by atoms with van der Waals surface area (Å²) in [5.41, 5.74) is 7.30. The summed E-state index contributed by atoms with van der Waals surface area (Å²) in [5, 5.41) is 11.8. The summed E-state index contributed by atoms with van der Waals surface area (Å²) < 4.78 is 1.74. The van der Waals surface area contributed by atoms with Gasteiger partial charge in [0.15, 0.2) is 11.6 Å². The van der Waals surface area contributed by atoms with Crippen LogP contribution in [0.15, 0.2) is 84.1 Å². The zero-order valence-electron chi connectivity index (χ0n) is 16.3. The molecular formula is C22H18N8S. The van der Waals surface area contributed by atoms with E-state index < -0.39 is 0 Å². The van der Waals surface area contributed by atoms with Crippen molar-refractivity contribution in [3.8, 4) is 28.1 Å². The number of pyridine rings is 1. The second-order valence-corrected chi connectivity index (χ2v) is 7.43. The Morgan fingerprint density at radius 1 is 0.903 bits per heavy atom. The van der Waals surface area contributed by atoms with Crippen molar-refractivity contribution in [2.75, 3.05) is 10.7 Å². The minimum Gasteiger partial charge on any atom is -0.324 e. The van der Waals surface area contributed by atoms with E-state index in [9.17, 15) is 0 Å². The van der Waals surface area contributed by atoms with Crippen LogP contribution in [-0.4, -0.2) is 24.7 Å². The molecule has 0 aliphatic carbocycles. The Labute approximate surface area is 182 Å². The zero-order valence-corrected chi connectivity index (χ0v) is 17.1. The van der Waals surface area contributed by atoms with Crippen molar-refractivity contribution in [1.29, 1.82) is 0 Å². The van der Waals surface area contributed by atoms with Gasteiger partial charge in [-0.2, -0.15) is 26.4 Å². The molecule has 0 fully saturated rings. The van der Waals surface area contributed by atoms with Crippen molar-refractivity contribution < 1.29 is 0 Å². The van der Waals surface area contributed by atoms with Gasteiger partial charge in [0.25, 0.3) is 0 Å². The second-order valence-electron chi connectivity index (χ2n) is 6.65. The molecule has 4 heterocycles. The van der Waals surface area contributed by atoms with Gasteiger partial charge in [0, 0.05) is 29.8 Å². The number of aromatic nitrogens is 5. The minimum atomic E-state index is 0.411. The number of rotatable bonds is 6. The first-order valence-corrected chi connectivity index (χ1v) is 10.4. The number of nitrogens with two attached hydrogens (primary N) is 1. The average Bonchev–Trinajstić information content (AvgIpc) is 3.52. The quantitative estimate of drug-likeness (QED) is 0.271. The van der Waals surface area contributed by atoms with Crippen molar-refractivity contribution in [3.63, 3.8) is 0 Å². The number of nitrogens with one attached hydrogen (secondary N) is 2. The van der Waals surface area contributed by atoms with Crippen molar-refractivity contribution in [2.24, 2.45) is 5.84 Å². The number of nitrogen functional groups attached to an aromatic ring is 1. The first kappa shape index (κ1) is 18.9. The molecule has 0 aliphatic rings. The summed E-state index contributed by atoms with van der Waals surface area (Å²) in [7, 11) is 0. The van der Waals surface area contributed by atoms with E-state index in [1.165, 1.54) is 0 Å². The van der Waals surface area contributed by atoms with E-state index in [0.717, 1.165) is 27.9 Å². The molecule has 8 nitrogen and oxygen atoms in total. The predicted octanol–water partition coefficient (Wildman–Crippen LogP) is 4.48. The van der Waals surface area contributed by atoms with Crippen LogP contribution >= 0.6 is 11.3 Å². The number of para-hydroxylation sites is 1. The van der Waals surface area contributed by atoms with E-state index in [2.05, 4.69) is 25.8 Å². The molecule has 9 heteroatoms. The lowest BCUT2D eigenvalue weighted by Crippen LogP contribution is -2.14. The van der Waals surface area contributed by atoms with Gasteiger partial charge in [-0.05, 0) is 52.2 Å². The molecule has 0 unspecified atom stereocenters. The number of hydrogen-bond donors (Lipinski definition) is 3. The van der Waals surface area contributed by atoms with Crippen molar-refractivity contribution in [2.45, 2.75) is 0 Å². The van der Waals surface area contributed by atoms with Gasteiger partial charge in [-0.1, -0.05) is 18.2 Å². The monoisotopic (exact) mass is 426 g/mol. The minimum absolute atomic E-state index is 0.411. The van der Waals surface area contributed by atoms with Crippen LogP contribution in [-0.2, 0) is 0 Å². The van der Waals surface area contributed by atoms with Crippen LogP contribution in [0.2, 0.25) is 0 Å². The van der Waals surface area contributed by atoms with Crippen LogP contribution in [0.4, 0.5) is 17.5 Å². The maximum absolute atomic E-state index is 5.86. The molecule has 31 heavy (non-hydrogen) atoms. The van der Waals surface area contributed by atoms with Crippen LogP contribution < -0.4 is 16.6 Å². The molecule has 5 aromatic rings. The highest BCUT2D eigenvalue weighted by Crippen LogP contribution is 2.34. The molecular weight excluding hydrogens is 408 g/mol. The molecule has 4 N–H and O–H groups in total. The summed E-state index contributed by atoms with van der Waals surface area (Å²) in [6.07, 6.45) is 7.24. The second kappa shape index (κ2) is 8.34. The maximum Gasteiger partial charge on any atom is 0.231 e. The normalized spacial score (nSPS) is 10.7. The van der Waals surface area contributed by atoms with E-state index in [1.807, 2.05) is 65.5 Å². The van der Waals surface area contributed by atoms with Crippen LogP contribution in [0.5, 0.6) is 0 Å². The van der Waals surface area contributed by atoms with E-state index in [-0.39, 0.29) is 0 Å². The van der Waals surface area contributed by atoms with Gasteiger partial charge in [-0.25, -0.2) is 10.5 Å². The molecule has 0 saturated heterocycles. The summed E-state index contributed by atoms with van der Waals surface area (Å²) >= 11 is 1.59. The van der Waals surface area contributed by atoms with Crippen molar-refractivity contribution in [1.82, 2.24) is 24.7 Å². The van der Waals surface area contributed by atoms with Gasteiger partial charge in [0.2, 0.25) is 5.95 Å². The molecule has 0 amide bonds. The average molecular weight is 427 g/mol. The third-order valence-electron chi connectivity index (χ3n) is 4.68. The number of nitrogens with zero attached hydrogens (tertiary/aromatic N) is 5. The third-order valence-corrected chi connectivity index (χ3v) is 5.36. The highest BCUT2D eigenvalue weighted by atomic mass is 32.1. The summed E-state index contributed by atoms with van der Waals surface area (Å²) in [4.78, 5) is 13.5. The summed E-state index contributed by atoms with van der Waals surface area (Å²) in [6.45, 7) is 0. The first-order valence-electron chi connectivity index (χ1n) is 9.50. The zero-order chi connectivity index (χ0) is 21.0. The van der Waals surface area contributed by atoms with Crippen molar-refractivity contribution >= 4 is 28.8 Å². The number of thiophene rings is 1. The lowest BCUT2D eigenvalue weighted by molar-refractivity contribution is 0.844. The molecule has 0 aliphatic heterocycles. The van der Waals surface area contributed by atoms with Crippen LogP contribution in [0, 0.1) is 0 Å². The Balaban J connectivity index is 1.65. The highest BCUT2D eigenvalue weighted by molar-refractivity contribution is 7.08. The summed E-state index contributed by atoms with van der Waals surface area (Å²) in [6, 6.07) is 15.6. The SMILES string of the molecule is NNc1nc(Nc2ccccc2)nc(-n2cc(-c3ccncc3)cn2)c1-c1ccsc1. The molecule has 0 saturated carbocycles. The van der Waals surface area contributed by atoms with Gasteiger partial charge in [-0.3, -0.25) is 4.98 Å². The number of hydrazine groups is 1. The van der Waals surface area contributed by atoms with Crippen molar-refractivity contribution in [3.05, 3.63) is 84.1 Å². The Bertz CT molecular complexity index is 1280. The number of anilines is 3. The molecule has 0 atom stereocenters. The van der Waals surface area contributed by atoms with E-state index in [1.54, 1.807) is 34.6 Å². The number of hydrogen-bond acceptors (Lipinski definition) is 8. The topological polar surface area (TPSA) is 107 Å². The predicted molar refractivity (Wildman–Crippen MR) is 123 cm³/mol. The fourth-order valence-electron chi connectivity index (χ4n) is 3.23. The Kier molecular flexibility index (Phi) is 5.09. The third kappa shape index (κ3) is 3.87. The maximum atomic E-state index is 5.86. The fraction of sp³-hybridized carbons (Fsp3) is 0. The van der Waals surface area contributed by atoms with Gasteiger partial charge >= 0.3 is 0 Å². The largest absolute Gasteiger partial charge is 0.324 e. The van der Waals surface area contributed by atoms with Gasteiger partial charge in [0.1, 0.15) is 0 Å². The molecule has 0 bridgehead atoms. The summed E-state index contributed by atoms with van der Waals surface area (Å²) in [5.74, 6) is 7.39. The van der Waals surface area contributed by atoms with E-state index >= 15 is 0 Å². The lowest BCUT2D eigenvalue weighted by atomic mass is 10.1. The van der Waals surface area contributed by atoms with Crippen LogP contribution in [0.1, 0.15) is 0 Å². The standard InChI is InChI=1S/C22H18N8S/c23-29-20-19(16-8-11-31-14-16)21(28-22(27-20)26-18-4-2-1-3-5-18)30-13-17(12-25-30)15-6-9-24-10-7-15/h1-14H,23H2,(H2,26,27,28,29). The van der Waals surface area contributed by atoms with E-state index in [4.69, 9.17) is 10.8 Å². The molecule has 0 radical (unpaired) electrons. The Hall–Kier alpha value is -4.08. The lowest BCUT2D eigenvalue weighted by Gasteiger charge is -2.15. The molecule has 152 valence electrons. The van der Waals surface area contributed by atoms with Gasteiger partial charge in [-0.15, -0.1) is 0 Å². The smallest absolute Gasteiger partial charge is 0.231 e. The first-order chi connectivity index (χ1) is 15.3. The van der Waals surface area contributed by atoms with Crippen LogP contribution in [0.25, 0.3) is 28.1 Å². The molecule has 1 aromatic carbocycles. The Morgan fingerprint density at radius 3 is 2.48 bits per heavy atom. The molecule has 0 spiro atoms. The van der Waals surface area contributed by atoms with Gasteiger partial charge in [0.05, 0.1) is 11.8 Å². The fourth-order valence-corrected chi connectivity index (χ4v) is 3.88.